The normalized spacial score (nSPS) is 17.9. The lowest BCUT2D eigenvalue weighted by molar-refractivity contribution is 0.284. The molecular weight excluding hydrogens is 523 g/mol. The molecule has 1 saturated heterocycles. The van der Waals surface area contributed by atoms with Crippen LogP contribution in [0.1, 0.15) is 23.6 Å². The SMILES string of the molecule is COc1cc(N)c(C(=N)c2cnc(N3CC(CS(C)=O)[C@H]3C)nc2)cc1OCc1c(Cl)cncc1Cl. The first kappa shape index (κ1) is 26.1. The van der Waals surface area contributed by atoms with Crippen LogP contribution in [0.15, 0.2) is 36.9 Å². The van der Waals surface area contributed by atoms with Crippen LogP contribution in [0.4, 0.5) is 11.6 Å². The number of nitrogens with one attached hydrogen (secondary N) is 1. The Hall–Kier alpha value is -2.95. The fraction of sp³-hybridized carbons (Fsp3) is 0.333. The van der Waals surface area contributed by atoms with Crippen molar-refractivity contribution < 1.29 is 13.7 Å². The highest BCUT2D eigenvalue weighted by Gasteiger charge is 2.37. The minimum absolute atomic E-state index is 0.0751. The molecule has 2 unspecified atom stereocenters. The van der Waals surface area contributed by atoms with Crippen LogP contribution in [0.3, 0.4) is 0 Å². The summed E-state index contributed by atoms with van der Waals surface area (Å²) in [4.78, 5) is 14.9. The Morgan fingerprint density at radius 3 is 2.44 bits per heavy atom. The van der Waals surface area contributed by atoms with Crippen molar-refractivity contribution in [1.82, 2.24) is 15.0 Å². The van der Waals surface area contributed by atoms with E-state index in [4.69, 9.17) is 43.8 Å². The van der Waals surface area contributed by atoms with E-state index >= 15 is 0 Å². The summed E-state index contributed by atoms with van der Waals surface area (Å²) in [6.45, 7) is 2.91. The van der Waals surface area contributed by atoms with E-state index in [2.05, 4.69) is 26.8 Å². The molecular formula is C24H26Cl2N6O3S. The highest BCUT2D eigenvalue weighted by Crippen LogP contribution is 2.35. The van der Waals surface area contributed by atoms with E-state index in [1.54, 1.807) is 30.8 Å². The van der Waals surface area contributed by atoms with Gasteiger partial charge in [0.15, 0.2) is 11.5 Å². The summed E-state index contributed by atoms with van der Waals surface area (Å²) in [5.74, 6) is 2.39. The summed E-state index contributed by atoms with van der Waals surface area (Å²) < 4.78 is 22.9. The van der Waals surface area contributed by atoms with Crippen LogP contribution in [0, 0.1) is 11.3 Å². The molecule has 0 amide bonds. The van der Waals surface area contributed by atoms with Gasteiger partial charge in [0, 0.05) is 94.5 Å². The zero-order valence-corrected chi connectivity index (χ0v) is 22.3. The number of nitrogen functional groups attached to an aromatic ring is 1. The van der Waals surface area contributed by atoms with Crippen molar-refractivity contribution in [1.29, 1.82) is 5.41 Å². The number of nitrogens with zero attached hydrogens (tertiary/aromatic N) is 4. The third-order valence-corrected chi connectivity index (χ3v) is 7.72. The summed E-state index contributed by atoms with van der Waals surface area (Å²) in [6, 6.07) is 3.45. The van der Waals surface area contributed by atoms with Crippen molar-refractivity contribution in [3.8, 4) is 11.5 Å². The number of rotatable bonds is 9. The fourth-order valence-corrected chi connectivity index (χ4v) is 5.45. The van der Waals surface area contributed by atoms with E-state index in [1.165, 1.54) is 19.5 Å². The molecule has 3 aromatic rings. The number of aromatic nitrogens is 3. The molecule has 0 saturated carbocycles. The smallest absolute Gasteiger partial charge is 0.225 e. The minimum atomic E-state index is -0.832. The van der Waals surface area contributed by atoms with Gasteiger partial charge in [0.2, 0.25) is 5.95 Å². The van der Waals surface area contributed by atoms with E-state index < -0.39 is 10.8 Å². The predicted octanol–water partition coefficient (Wildman–Crippen LogP) is 3.97. The van der Waals surface area contributed by atoms with Crippen molar-refractivity contribution >= 4 is 51.3 Å². The minimum Gasteiger partial charge on any atom is -0.493 e. The topological polar surface area (TPSA) is 127 Å². The zero-order chi connectivity index (χ0) is 26.0. The standard InChI is InChI=1S/C24H26Cl2N6O3S/c1-13-15(12-36(3)33)10-32(13)24-30-6-14(7-31-24)23(28)16-4-22(21(34-2)5-20(16)27)35-11-17-18(25)8-29-9-19(17)26/h4-9,13,15,28H,10-12,27H2,1-3H3/t13-,15?,36?/m1/s1. The van der Waals surface area contributed by atoms with Crippen molar-refractivity contribution in [3.05, 3.63) is 63.7 Å². The van der Waals surface area contributed by atoms with Crippen LogP contribution in [-0.4, -0.2) is 56.6 Å². The lowest BCUT2D eigenvalue weighted by Gasteiger charge is -2.46. The van der Waals surface area contributed by atoms with Gasteiger partial charge in [-0.15, -0.1) is 0 Å². The average Bonchev–Trinajstić information content (AvgIpc) is 2.86. The molecule has 1 aromatic carbocycles. The molecule has 1 fully saturated rings. The summed E-state index contributed by atoms with van der Waals surface area (Å²) in [5, 5.41) is 9.50. The van der Waals surface area contributed by atoms with Gasteiger partial charge in [0.1, 0.15) is 6.61 Å². The first-order valence-electron chi connectivity index (χ1n) is 11.1. The van der Waals surface area contributed by atoms with Crippen LogP contribution < -0.4 is 20.1 Å². The second kappa shape index (κ2) is 11.0. The number of halogens is 2. The Kier molecular flexibility index (Phi) is 7.97. The fourth-order valence-electron chi connectivity index (χ4n) is 3.99. The second-order valence-electron chi connectivity index (χ2n) is 8.50. The van der Waals surface area contributed by atoms with Crippen LogP contribution in [0.25, 0.3) is 0 Å². The maximum atomic E-state index is 11.5. The monoisotopic (exact) mass is 548 g/mol. The molecule has 36 heavy (non-hydrogen) atoms. The Labute approximate surface area is 221 Å². The molecule has 0 spiro atoms. The number of ether oxygens (including phenoxy) is 2. The van der Waals surface area contributed by atoms with Gasteiger partial charge < -0.3 is 20.1 Å². The molecule has 3 N–H and O–H groups in total. The number of nitrogens with two attached hydrogens (primary N) is 1. The van der Waals surface area contributed by atoms with Crippen LogP contribution in [0.2, 0.25) is 10.0 Å². The molecule has 9 nitrogen and oxygen atoms in total. The first-order chi connectivity index (χ1) is 17.2. The number of anilines is 2. The molecule has 3 atom stereocenters. The van der Waals surface area contributed by atoms with Gasteiger partial charge >= 0.3 is 0 Å². The zero-order valence-electron chi connectivity index (χ0n) is 20.0. The summed E-state index contributed by atoms with van der Waals surface area (Å²) in [7, 11) is 0.673. The number of hydrogen-bond acceptors (Lipinski definition) is 9. The Morgan fingerprint density at radius 2 is 1.86 bits per heavy atom. The molecule has 4 rings (SSSR count). The molecule has 1 aliphatic rings. The number of benzene rings is 1. The van der Waals surface area contributed by atoms with E-state index in [-0.39, 0.29) is 18.4 Å². The van der Waals surface area contributed by atoms with Crippen molar-refractivity contribution in [2.24, 2.45) is 5.92 Å². The number of pyridine rings is 1. The lowest BCUT2D eigenvalue weighted by atomic mass is 9.92. The highest BCUT2D eigenvalue weighted by molar-refractivity contribution is 7.84. The maximum absolute atomic E-state index is 11.5. The molecule has 1 aliphatic heterocycles. The molecule has 0 bridgehead atoms. The second-order valence-corrected chi connectivity index (χ2v) is 10.8. The van der Waals surface area contributed by atoms with Crippen molar-refractivity contribution in [3.63, 3.8) is 0 Å². The highest BCUT2D eigenvalue weighted by atomic mass is 35.5. The van der Waals surface area contributed by atoms with Gasteiger partial charge in [0.25, 0.3) is 0 Å². The van der Waals surface area contributed by atoms with Crippen LogP contribution >= 0.6 is 23.2 Å². The van der Waals surface area contributed by atoms with E-state index in [9.17, 15) is 4.21 Å². The average molecular weight is 549 g/mol. The van der Waals surface area contributed by atoms with Gasteiger partial charge in [-0.2, -0.15) is 0 Å². The maximum Gasteiger partial charge on any atom is 0.225 e. The van der Waals surface area contributed by atoms with Crippen molar-refractivity contribution in [2.75, 3.05) is 36.3 Å². The van der Waals surface area contributed by atoms with Crippen molar-refractivity contribution in [2.45, 2.75) is 19.6 Å². The quantitative estimate of drug-likeness (QED) is 0.303. The van der Waals surface area contributed by atoms with Gasteiger partial charge in [-0.25, -0.2) is 9.97 Å². The lowest BCUT2D eigenvalue weighted by Crippen LogP contribution is -2.57. The Bertz CT molecular complexity index is 1290. The number of methoxy groups -OCH3 is 1. The Balaban J connectivity index is 1.52. The predicted molar refractivity (Wildman–Crippen MR) is 143 cm³/mol. The van der Waals surface area contributed by atoms with Gasteiger partial charge in [-0.05, 0) is 13.0 Å². The largest absolute Gasteiger partial charge is 0.493 e. The van der Waals surface area contributed by atoms with Gasteiger partial charge in [-0.1, -0.05) is 23.2 Å². The van der Waals surface area contributed by atoms with Gasteiger partial charge in [-0.3, -0.25) is 14.6 Å². The van der Waals surface area contributed by atoms with E-state index in [0.717, 1.165) is 6.54 Å². The van der Waals surface area contributed by atoms with Crippen LogP contribution in [-0.2, 0) is 17.4 Å². The molecule has 12 heteroatoms. The van der Waals surface area contributed by atoms with E-state index in [1.807, 2.05) is 0 Å². The molecule has 190 valence electrons. The number of hydrogen-bond donors (Lipinski definition) is 2. The summed E-state index contributed by atoms with van der Waals surface area (Å²) in [6.07, 6.45) is 7.90. The molecule has 0 aliphatic carbocycles. The first-order valence-corrected chi connectivity index (χ1v) is 13.5. The van der Waals surface area contributed by atoms with Crippen LogP contribution in [0.5, 0.6) is 11.5 Å². The molecule has 0 radical (unpaired) electrons. The summed E-state index contributed by atoms with van der Waals surface area (Å²) in [5.41, 5.74) is 8.26. The third-order valence-electron chi connectivity index (χ3n) is 6.17. The third kappa shape index (κ3) is 5.40. The van der Waals surface area contributed by atoms with E-state index in [0.29, 0.717) is 61.5 Å². The molecule has 2 aromatic heterocycles. The Morgan fingerprint density at radius 1 is 1.19 bits per heavy atom. The summed E-state index contributed by atoms with van der Waals surface area (Å²) >= 11 is 12.4. The van der Waals surface area contributed by atoms with Gasteiger partial charge in [0.05, 0.1) is 22.9 Å². The molecule has 3 heterocycles.